The second-order valence-corrected chi connectivity index (χ2v) is 2.80. The Morgan fingerprint density at radius 2 is 1.82 bits per heavy atom. The predicted octanol–water partition coefficient (Wildman–Crippen LogP) is -1.65. The molecule has 0 rings (SSSR count). The van der Waals surface area contributed by atoms with E-state index >= 15 is 0 Å². The molecule has 0 radical (unpaired) electrons. The Hall–Kier alpha value is -1.58. The molecular formula is C8H16N2O7. The van der Waals surface area contributed by atoms with Gasteiger partial charge in [0.2, 0.25) is 0 Å². The lowest BCUT2D eigenvalue weighted by molar-refractivity contribution is 0.0116. The Bertz CT molecular complexity index is 236. The lowest BCUT2D eigenvalue weighted by Gasteiger charge is -2.10. The Morgan fingerprint density at radius 3 is 2.35 bits per heavy atom. The summed E-state index contributed by atoms with van der Waals surface area (Å²) in [5.41, 5.74) is 0. The molecule has 0 aromatic rings. The first-order valence-electron chi connectivity index (χ1n) is 4.69. The van der Waals surface area contributed by atoms with Crippen LogP contribution in [-0.4, -0.2) is 62.3 Å². The summed E-state index contributed by atoms with van der Waals surface area (Å²) in [7, 11) is 1.36. The molecule has 2 amide bonds. The van der Waals surface area contributed by atoms with Crippen LogP contribution >= 0.6 is 0 Å². The molecule has 17 heavy (non-hydrogen) atoms. The lowest BCUT2D eigenvalue weighted by atomic mass is 10.4. The fourth-order valence-electron chi connectivity index (χ4n) is 0.628. The fourth-order valence-corrected chi connectivity index (χ4v) is 0.628. The Kier molecular flexibility index (Phi) is 8.74. The van der Waals surface area contributed by atoms with Gasteiger partial charge in [-0.1, -0.05) is 0 Å². The zero-order valence-corrected chi connectivity index (χ0v) is 9.34. The van der Waals surface area contributed by atoms with Gasteiger partial charge in [0.15, 0.2) is 6.79 Å². The van der Waals surface area contributed by atoms with Gasteiger partial charge in [-0.15, -0.1) is 0 Å². The van der Waals surface area contributed by atoms with Crippen molar-refractivity contribution >= 4 is 12.2 Å². The van der Waals surface area contributed by atoms with Gasteiger partial charge in [-0.3, -0.25) is 0 Å². The van der Waals surface area contributed by atoms with Crippen molar-refractivity contribution in [2.45, 2.75) is 6.10 Å². The van der Waals surface area contributed by atoms with Crippen molar-refractivity contribution in [2.24, 2.45) is 0 Å². The van der Waals surface area contributed by atoms with Crippen molar-refractivity contribution in [2.75, 3.05) is 33.8 Å². The van der Waals surface area contributed by atoms with E-state index in [1.165, 1.54) is 7.11 Å². The second kappa shape index (κ2) is 9.63. The second-order valence-electron chi connectivity index (χ2n) is 2.80. The van der Waals surface area contributed by atoms with Crippen LogP contribution in [0, 0.1) is 0 Å². The van der Waals surface area contributed by atoms with Gasteiger partial charge >= 0.3 is 12.2 Å². The van der Waals surface area contributed by atoms with E-state index in [1.54, 1.807) is 0 Å². The topological polar surface area (TPSA) is 126 Å². The molecule has 100 valence electrons. The highest BCUT2D eigenvalue weighted by Gasteiger charge is 2.07. The van der Waals surface area contributed by atoms with Gasteiger partial charge < -0.3 is 35.1 Å². The molecule has 0 spiro atoms. The highest BCUT2D eigenvalue weighted by atomic mass is 16.7. The molecule has 0 fully saturated rings. The molecule has 1 unspecified atom stereocenters. The normalized spacial score (nSPS) is 11.5. The summed E-state index contributed by atoms with van der Waals surface area (Å²) >= 11 is 0. The zero-order valence-electron chi connectivity index (χ0n) is 9.34. The number of ether oxygens (including phenoxy) is 3. The third-order valence-electron chi connectivity index (χ3n) is 1.39. The van der Waals surface area contributed by atoms with Crippen LogP contribution in [0.3, 0.4) is 0 Å². The van der Waals surface area contributed by atoms with E-state index in [-0.39, 0.29) is 20.1 Å². The summed E-state index contributed by atoms with van der Waals surface area (Å²) in [6.07, 6.45) is -2.73. The lowest BCUT2D eigenvalue weighted by Crippen LogP contribution is -2.39. The number of amides is 2. The minimum Gasteiger partial charge on any atom is -0.447 e. The molecule has 9 nitrogen and oxygen atoms in total. The molecular weight excluding hydrogens is 236 g/mol. The molecule has 0 aromatic heterocycles. The molecule has 0 saturated carbocycles. The van der Waals surface area contributed by atoms with Gasteiger partial charge in [0, 0.05) is 7.11 Å². The van der Waals surface area contributed by atoms with Crippen LogP contribution in [-0.2, 0) is 14.2 Å². The molecule has 0 aliphatic carbocycles. The molecule has 0 bridgehead atoms. The van der Waals surface area contributed by atoms with Crippen molar-refractivity contribution in [1.82, 2.24) is 10.6 Å². The summed E-state index contributed by atoms with van der Waals surface area (Å²) in [6.45, 7) is -1.24. The quantitative estimate of drug-likeness (QED) is 0.400. The van der Waals surface area contributed by atoms with E-state index in [9.17, 15) is 9.59 Å². The fraction of sp³-hybridized carbons (Fsp3) is 0.750. The summed E-state index contributed by atoms with van der Waals surface area (Å²) in [5, 5.41) is 21.6. The first kappa shape index (κ1) is 15.4. The van der Waals surface area contributed by atoms with Gasteiger partial charge in [0.25, 0.3) is 0 Å². The smallest absolute Gasteiger partial charge is 0.410 e. The van der Waals surface area contributed by atoms with Gasteiger partial charge in [0.1, 0.15) is 12.7 Å². The van der Waals surface area contributed by atoms with E-state index in [0.29, 0.717) is 0 Å². The summed E-state index contributed by atoms with van der Waals surface area (Å²) in [5.74, 6) is 0. The number of methoxy groups -OCH3 is 1. The minimum atomic E-state index is -1.12. The van der Waals surface area contributed by atoms with Crippen molar-refractivity contribution in [3.8, 4) is 0 Å². The SMILES string of the molecule is COCOC(=O)NCNC(=O)OCC(O)CO. The Morgan fingerprint density at radius 1 is 1.24 bits per heavy atom. The summed E-state index contributed by atoms with van der Waals surface area (Å²) in [6, 6.07) is 0. The monoisotopic (exact) mass is 252 g/mol. The largest absolute Gasteiger partial charge is 0.447 e. The van der Waals surface area contributed by atoms with E-state index in [0.717, 1.165) is 0 Å². The number of hydrogen-bond donors (Lipinski definition) is 4. The highest BCUT2D eigenvalue weighted by molar-refractivity contribution is 5.69. The highest BCUT2D eigenvalue weighted by Crippen LogP contribution is 1.84. The summed E-state index contributed by atoms with van der Waals surface area (Å²) in [4.78, 5) is 21.7. The number of rotatable bonds is 7. The van der Waals surface area contributed by atoms with Gasteiger partial charge in [-0.05, 0) is 0 Å². The van der Waals surface area contributed by atoms with E-state index in [4.69, 9.17) is 10.2 Å². The van der Waals surface area contributed by atoms with Crippen LogP contribution in [0.15, 0.2) is 0 Å². The molecule has 0 aliphatic rings. The molecule has 9 heteroatoms. The number of alkyl carbamates (subject to hydrolysis) is 2. The van der Waals surface area contributed by atoms with Gasteiger partial charge in [0.05, 0.1) is 13.3 Å². The Balaban J connectivity index is 3.47. The maximum Gasteiger partial charge on any atom is 0.410 e. The molecule has 0 heterocycles. The van der Waals surface area contributed by atoms with Crippen LogP contribution in [0.5, 0.6) is 0 Å². The summed E-state index contributed by atoms with van der Waals surface area (Å²) < 4.78 is 13.4. The van der Waals surface area contributed by atoms with Crippen LogP contribution in [0.4, 0.5) is 9.59 Å². The van der Waals surface area contributed by atoms with Crippen molar-refractivity contribution in [1.29, 1.82) is 0 Å². The standard InChI is InChI=1S/C8H16N2O7/c1-15-5-17-8(14)10-4-9-7(13)16-3-6(12)2-11/h6,11-12H,2-5H2,1H3,(H,9,13)(H,10,14). The third-order valence-corrected chi connectivity index (χ3v) is 1.39. The first-order chi connectivity index (χ1) is 8.10. The molecule has 1 atom stereocenters. The maximum atomic E-state index is 10.9. The number of aliphatic hydroxyl groups is 2. The van der Waals surface area contributed by atoms with Crippen molar-refractivity contribution in [3.05, 3.63) is 0 Å². The average Bonchev–Trinajstić information content (AvgIpc) is 2.33. The van der Waals surface area contributed by atoms with Crippen molar-refractivity contribution in [3.63, 3.8) is 0 Å². The molecule has 4 N–H and O–H groups in total. The number of nitrogens with one attached hydrogen (secondary N) is 2. The van der Waals surface area contributed by atoms with Crippen LogP contribution in [0.2, 0.25) is 0 Å². The Labute approximate surface area is 97.6 Å². The zero-order chi connectivity index (χ0) is 13.1. The average molecular weight is 252 g/mol. The van der Waals surface area contributed by atoms with E-state index < -0.39 is 24.9 Å². The van der Waals surface area contributed by atoms with Crippen LogP contribution in [0.25, 0.3) is 0 Å². The molecule has 0 aromatic carbocycles. The number of carbonyl (C=O) groups is 2. The number of hydrogen-bond acceptors (Lipinski definition) is 7. The van der Waals surface area contributed by atoms with E-state index in [1.807, 2.05) is 0 Å². The van der Waals surface area contributed by atoms with Gasteiger partial charge in [-0.2, -0.15) is 0 Å². The number of carbonyl (C=O) groups excluding carboxylic acids is 2. The third kappa shape index (κ3) is 9.35. The first-order valence-corrected chi connectivity index (χ1v) is 4.69. The maximum absolute atomic E-state index is 10.9. The minimum absolute atomic E-state index is 0.195. The van der Waals surface area contributed by atoms with Crippen LogP contribution < -0.4 is 10.6 Å². The molecule has 0 saturated heterocycles. The van der Waals surface area contributed by atoms with E-state index in [2.05, 4.69) is 24.8 Å². The van der Waals surface area contributed by atoms with Crippen molar-refractivity contribution < 1.29 is 34.0 Å². The predicted molar refractivity (Wildman–Crippen MR) is 53.9 cm³/mol. The molecule has 0 aliphatic heterocycles. The number of aliphatic hydroxyl groups excluding tert-OH is 2. The van der Waals surface area contributed by atoms with Crippen LogP contribution in [0.1, 0.15) is 0 Å². The van der Waals surface area contributed by atoms with Gasteiger partial charge in [-0.25, -0.2) is 9.59 Å².